The second kappa shape index (κ2) is 5.87. The van der Waals surface area contributed by atoms with E-state index >= 15 is 0 Å². The Labute approximate surface area is 149 Å². The summed E-state index contributed by atoms with van der Waals surface area (Å²) < 4.78 is 6.40. The van der Waals surface area contributed by atoms with Gasteiger partial charge in [0.15, 0.2) is 11.2 Å². The normalized spacial score (nSPS) is 12.0. The first-order chi connectivity index (χ1) is 12.5. The molecule has 0 bridgehead atoms. The minimum Gasteiger partial charge on any atom is -0.283 e. The molecule has 7 nitrogen and oxygen atoms in total. The lowest BCUT2D eigenvalue weighted by Gasteiger charge is -2.06. The van der Waals surface area contributed by atoms with Gasteiger partial charge in [-0.3, -0.25) is 22.9 Å². The third-order valence-corrected chi connectivity index (χ3v) is 4.56. The SMILES string of the molecule is C/C=C\Cn1c(=O)c2c(nc3n(-c4ccccc4)c(C)cn23)n(C)c1=O. The molecule has 0 unspecified atom stereocenters. The maximum Gasteiger partial charge on any atom is 0.332 e. The van der Waals surface area contributed by atoms with Crippen molar-refractivity contribution in [2.24, 2.45) is 7.05 Å². The molecule has 132 valence electrons. The monoisotopic (exact) mass is 349 g/mol. The summed E-state index contributed by atoms with van der Waals surface area (Å²) in [7, 11) is 1.64. The van der Waals surface area contributed by atoms with E-state index in [2.05, 4.69) is 4.98 Å². The van der Waals surface area contributed by atoms with Crippen LogP contribution in [0.15, 0.2) is 58.3 Å². The number of nitrogens with zero attached hydrogens (tertiary/aromatic N) is 5. The Kier molecular flexibility index (Phi) is 3.64. The zero-order valence-corrected chi connectivity index (χ0v) is 14.9. The molecule has 0 aliphatic heterocycles. The Morgan fingerprint density at radius 3 is 2.58 bits per heavy atom. The summed E-state index contributed by atoms with van der Waals surface area (Å²) in [5.74, 6) is 0.611. The van der Waals surface area contributed by atoms with Crippen molar-refractivity contribution in [1.29, 1.82) is 0 Å². The number of hydrogen-bond donors (Lipinski definition) is 0. The van der Waals surface area contributed by atoms with Gasteiger partial charge in [-0.05, 0) is 26.0 Å². The van der Waals surface area contributed by atoms with Gasteiger partial charge >= 0.3 is 5.69 Å². The van der Waals surface area contributed by atoms with E-state index in [-0.39, 0.29) is 17.8 Å². The van der Waals surface area contributed by atoms with Crippen molar-refractivity contribution in [1.82, 2.24) is 23.1 Å². The highest BCUT2D eigenvalue weighted by atomic mass is 16.2. The Balaban J connectivity index is 2.13. The van der Waals surface area contributed by atoms with Crippen molar-refractivity contribution in [3.63, 3.8) is 0 Å². The minimum absolute atomic E-state index is 0.240. The molecule has 0 fully saturated rings. The fourth-order valence-electron chi connectivity index (χ4n) is 3.28. The van der Waals surface area contributed by atoms with E-state index in [1.807, 2.05) is 61.0 Å². The maximum atomic E-state index is 13.0. The topological polar surface area (TPSA) is 66.2 Å². The van der Waals surface area contributed by atoms with Crippen LogP contribution in [0.1, 0.15) is 12.6 Å². The molecule has 0 saturated carbocycles. The maximum absolute atomic E-state index is 13.0. The summed E-state index contributed by atoms with van der Waals surface area (Å²) in [6.45, 7) is 4.06. The number of aromatic nitrogens is 5. The molecule has 0 radical (unpaired) electrons. The Morgan fingerprint density at radius 2 is 1.88 bits per heavy atom. The van der Waals surface area contributed by atoms with Crippen molar-refractivity contribution in [2.75, 3.05) is 0 Å². The van der Waals surface area contributed by atoms with Crippen molar-refractivity contribution in [2.45, 2.75) is 20.4 Å². The van der Waals surface area contributed by atoms with Crippen LogP contribution in [0.2, 0.25) is 0 Å². The highest BCUT2D eigenvalue weighted by Gasteiger charge is 2.20. The first kappa shape index (κ1) is 16.1. The van der Waals surface area contributed by atoms with Crippen LogP contribution in [0.5, 0.6) is 0 Å². The molecule has 26 heavy (non-hydrogen) atoms. The highest BCUT2D eigenvalue weighted by molar-refractivity contribution is 5.76. The van der Waals surface area contributed by atoms with Gasteiger partial charge in [-0.1, -0.05) is 30.4 Å². The average Bonchev–Trinajstić information content (AvgIpc) is 3.15. The number of fused-ring (bicyclic) bond motifs is 3. The van der Waals surface area contributed by atoms with Crippen LogP contribution >= 0.6 is 0 Å². The first-order valence-corrected chi connectivity index (χ1v) is 8.41. The fraction of sp³-hybridized carbons (Fsp3) is 0.211. The van der Waals surface area contributed by atoms with E-state index in [1.54, 1.807) is 17.5 Å². The number of imidazole rings is 2. The summed E-state index contributed by atoms with van der Waals surface area (Å²) in [6.07, 6.45) is 5.48. The Bertz CT molecular complexity index is 1270. The van der Waals surface area contributed by atoms with E-state index in [1.165, 1.54) is 9.13 Å². The summed E-state index contributed by atoms with van der Waals surface area (Å²) >= 11 is 0. The first-order valence-electron chi connectivity index (χ1n) is 8.41. The van der Waals surface area contributed by atoms with Crippen molar-refractivity contribution in [3.8, 4) is 5.69 Å². The van der Waals surface area contributed by atoms with Crippen LogP contribution in [-0.4, -0.2) is 23.1 Å². The molecule has 0 aliphatic rings. The van der Waals surface area contributed by atoms with E-state index in [9.17, 15) is 9.59 Å². The molecule has 3 aromatic heterocycles. The highest BCUT2D eigenvalue weighted by Crippen LogP contribution is 2.20. The molecule has 0 N–H and O–H groups in total. The molecule has 0 saturated heterocycles. The lowest BCUT2D eigenvalue weighted by molar-refractivity contribution is 0.666. The molecular weight excluding hydrogens is 330 g/mol. The second-order valence-electron chi connectivity index (χ2n) is 6.22. The lowest BCUT2D eigenvalue weighted by Crippen LogP contribution is -2.39. The van der Waals surface area contributed by atoms with E-state index in [0.717, 1.165) is 11.4 Å². The molecule has 0 atom stereocenters. The molecule has 0 spiro atoms. The van der Waals surface area contributed by atoms with Gasteiger partial charge < -0.3 is 0 Å². The van der Waals surface area contributed by atoms with Crippen LogP contribution in [-0.2, 0) is 13.6 Å². The zero-order valence-electron chi connectivity index (χ0n) is 14.9. The van der Waals surface area contributed by atoms with E-state index in [0.29, 0.717) is 16.9 Å². The molecule has 4 aromatic rings. The average molecular weight is 349 g/mol. The Hall–Kier alpha value is -3.35. The van der Waals surface area contributed by atoms with Gasteiger partial charge in [0, 0.05) is 31.2 Å². The van der Waals surface area contributed by atoms with Crippen molar-refractivity contribution in [3.05, 3.63) is 75.2 Å². The summed E-state index contributed by atoms with van der Waals surface area (Å²) in [6, 6.07) is 9.82. The van der Waals surface area contributed by atoms with Crippen LogP contribution in [0.25, 0.3) is 22.6 Å². The predicted molar refractivity (Wildman–Crippen MR) is 101 cm³/mol. The number of rotatable bonds is 3. The molecule has 1 aromatic carbocycles. The van der Waals surface area contributed by atoms with Crippen LogP contribution < -0.4 is 11.2 Å². The minimum atomic E-state index is -0.371. The van der Waals surface area contributed by atoms with Crippen molar-refractivity contribution < 1.29 is 0 Å². The van der Waals surface area contributed by atoms with Gasteiger partial charge in [0.25, 0.3) is 5.56 Å². The van der Waals surface area contributed by atoms with Gasteiger partial charge in [-0.15, -0.1) is 0 Å². The molecule has 0 aliphatic carbocycles. The number of aryl methyl sites for hydroxylation is 2. The van der Waals surface area contributed by atoms with Gasteiger partial charge in [0.1, 0.15) is 0 Å². The number of allylic oxidation sites excluding steroid dienone is 2. The lowest BCUT2D eigenvalue weighted by atomic mass is 10.3. The van der Waals surface area contributed by atoms with E-state index < -0.39 is 0 Å². The summed E-state index contributed by atoms with van der Waals surface area (Å²) in [4.78, 5) is 30.2. The van der Waals surface area contributed by atoms with Crippen LogP contribution in [0.4, 0.5) is 0 Å². The molecular formula is C19H19N5O2. The zero-order chi connectivity index (χ0) is 18.4. The second-order valence-corrected chi connectivity index (χ2v) is 6.22. The van der Waals surface area contributed by atoms with Crippen LogP contribution in [0, 0.1) is 6.92 Å². The third kappa shape index (κ3) is 2.17. The van der Waals surface area contributed by atoms with Gasteiger partial charge in [-0.2, -0.15) is 4.98 Å². The van der Waals surface area contributed by atoms with Crippen molar-refractivity contribution >= 4 is 16.9 Å². The number of para-hydroxylation sites is 1. The molecule has 0 amide bonds. The summed E-state index contributed by atoms with van der Waals surface area (Å²) in [5.41, 5.74) is 1.99. The number of hydrogen-bond acceptors (Lipinski definition) is 3. The van der Waals surface area contributed by atoms with Gasteiger partial charge in [0.2, 0.25) is 5.78 Å². The van der Waals surface area contributed by atoms with Gasteiger partial charge in [-0.25, -0.2) is 4.79 Å². The largest absolute Gasteiger partial charge is 0.332 e. The fourth-order valence-corrected chi connectivity index (χ4v) is 3.28. The van der Waals surface area contributed by atoms with Gasteiger partial charge in [0.05, 0.1) is 0 Å². The third-order valence-electron chi connectivity index (χ3n) is 4.56. The smallest absolute Gasteiger partial charge is 0.283 e. The predicted octanol–water partition coefficient (Wildman–Crippen LogP) is 2.02. The molecule has 3 heterocycles. The van der Waals surface area contributed by atoms with E-state index in [4.69, 9.17) is 0 Å². The summed E-state index contributed by atoms with van der Waals surface area (Å²) in [5, 5.41) is 0. The quantitative estimate of drug-likeness (QED) is 0.532. The molecule has 4 rings (SSSR count). The molecule has 7 heteroatoms. The number of benzene rings is 1. The Morgan fingerprint density at radius 1 is 1.15 bits per heavy atom. The van der Waals surface area contributed by atoms with Crippen LogP contribution in [0.3, 0.4) is 0 Å². The standard InChI is InChI=1S/C19H19N5O2/c1-4-5-11-22-17(25)15-16(21(3)19(22)26)20-18-23(15)12-13(2)24(18)14-9-7-6-8-10-14/h4-10,12H,11H2,1-3H3/b5-4-.